The predicted octanol–water partition coefficient (Wildman–Crippen LogP) is 1.34. The molecule has 1 saturated heterocycles. The molecule has 1 aliphatic rings. The fourth-order valence-electron chi connectivity index (χ4n) is 2.49. The molecule has 0 saturated carbocycles. The Morgan fingerprint density at radius 3 is 2.73 bits per heavy atom. The van der Waals surface area contributed by atoms with Gasteiger partial charge in [-0.2, -0.15) is 0 Å². The van der Waals surface area contributed by atoms with Crippen LogP contribution in [0.2, 0.25) is 0 Å². The Kier molecular flexibility index (Phi) is 5.58. The minimum absolute atomic E-state index is 0.664. The molecule has 90 valence electrons. The van der Waals surface area contributed by atoms with Crippen LogP contribution in [0.1, 0.15) is 27.2 Å². The molecule has 0 aromatic heterocycles. The molecule has 3 heteroatoms. The van der Waals surface area contributed by atoms with E-state index >= 15 is 0 Å². The van der Waals surface area contributed by atoms with Crippen LogP contribution in [-0.2, 0) is 4.74 Å². The van der Waals surface area contributed by atoms with Crippen LogP contribution in [0.3, 0.4) is 0 Å². The Labute approximate surface area is 94.2 Å². The van der Waals surface area contributed by atoms with Gasteiger partial charge in [0.1, 0.15) is 0 Å². The highest BCUT2D eigenvalue weighted by atomic mass is 16.5. The first-order valence-electron chi connectivity index (χ1n) is 6.19. The molecular weight excluding hydrogens is 188 g/mol. The lowest BCUT2D eigenvalue weighted by Gasteiger charge is -2.42. The molecule has 0 bridgehead atoms. The van der Waals surface area contributed by atoms with Gasteiger partial charge < -0.3 is 10.1 Å². The average Bonchev–Trinajstić information content (AvgIpc) is 2.25. The van der Waals surface area contributed by atoms with Crippen LogP contribution in [0.15, 0.2) is 0 Å². The van der Waals surface area contributed by atoms with Gasteiger partial charge in [0, 0.05) is 31.8 Å². The Morgan fingerprint density at radius 2 is 2.13 bits per heavy atom. The lowest BCUT2D eigenvalue weighted by molar-refractivity contribution is 0.0492. The van der Waals surface area contributed by atoms with E-state index in [-0.39, 0.29) is 0 Å². The van der Waals surface area contributed by atoms with Crippen molar-refractivity contribution in [2.45, 2.75) is 39.3 Å². The second-order valence-electron chi connectivity index (χ2n) is 4.52. The van der Waals surface area contributed by atoms with E-state index in [1.54, 1.807) is 0 Å². The van der Waals surface area contributed by atoms with Gasteiger partial charge >= 0.3 is 0 Å². The van der Waals surface area contributed by atoms with E-state index in [1.807, 2.05) is 0 Å². The molecule has 0 radical (unpaired) electrons. The third kappa shape index (κ3) is 3.44. The number of hydrogen-bond acceptors (Lipinski definition) is 3. The molecule has 15 heavy (non-hydrogen) atoms. The summed E-state index contributed by atoms with van der Waals surface area (Å²) < 4.78 is 5.42. The van der Waals surface area contributed by atoms with Gasteiger partial charge in [-0.15, -0.1) is 0 Å². The number of piperidine rings is 1. The summed E-state index contributed by atoms with van der Waals surface area (Å²) in [6.45, 7) is 10.7. The number of rotatable bonds is 5. The maximum Gasteiger partial charge on any atom is 0.0593 e. The summed E-state index contributed by atoms with van der Waals surface area (Å²) in [4.78, 5) is 2.55. The lowest BCUT2D eigenvalue weighted by atomic mass is 9.87. The first-order valence-corrected chi connectivity index (χ1v) is 6.19. The highest BCUT2D eigenvalue weighted by Gasteiger charge is 2.30. The van der Waals surface area contributed by atoms with Crippen molar-refractivity contribution in [1.82, 2.24) is 10.2 Å². The summed E-state index contributed by atoms with van der Waals surface area (Å²) in [5.74, 6) is 0.727. The molecule has 1 N–H and O–H groups in total. The summed E-state index contributed by atoms with van der Waals surface area (Å²) in [5.41, 5.74) is 0. The van der Waals surface area contributed by atoms with Gasteiger partial charge in [0.05, 0.1) is 6.61 Å². The fourth-order valence-corrected chi connectivity index (χ4v) is 2.49. The second kappa shape index (κ2) is 6.46. The van der Waals surface area contributed by atoms with Crippen molar-refractivity contribution in [2.75, 3.05) is 33.4 Å². The largest absolute Gasteiger partial charge is 0.380 e. The summed E-state index contributed by atoms with van der Waals surface area (Å²) in [7, 11) is 2.07. The van der Waals surface area contributed by atoms with Gasteiger partial charge in [-0.05, 0) is 33.2 Å². The van der Waals surface area contributed by atoms with Crippen molar-refractivity contribution in [3.63, 3.8) is 0 Å². The lowest BCUT2D eigenvalue weighted by Crippen LogP contribution is -2.53. The molecule has 0 amide bonds. The highest BCUT2D eigenvalue weighted by molar-refractivity contribution is 4.87. The Bertz CT molecular complexity index is 173. The highest BCUT2D eigenvalue weighted by Crippen LogP contribution is 2.22. The molecule has 1 fully saturated rings. The zero-order valence-electron chi connectivity index (χ0n) is 10.6. The van der Waals surface area contributed by atoms with Gasteiger partial charge in [-0.3, -0.25) is 4.90 Å². The monoisotopic (exact) mass is 214 g/mol. The first kappa shape index (κ1) is 12.9. The second-order valence-corrected chi connectivity index (χ2v) is 4.52. The maximum absolute atomic E-state index is 5.42. The number of ether oxygens (including phenoxy) is 1. The Balaban J connectivity index is 2.35. The minimum Gasteiger partial charge on any atom is -0.380 e. The van der Waals surface area contributed by atoms with E-state index in [2.05, 4.69) is 38.0 Å². The molecule has 3 atom stereocenters. The van der Waals surface area contributed by atoms with Gasteiger partial charge in [0.2, 0.25) is 0 Å². The number of hydrogen-bond donors (Lipinski definition) is 1. The molecule has 0 spiro atoms. The molecule has 1 rings (SSSR count). The zero-order chi connectivity index (χ0) is 11.3. The van der Waals surface area contributed by atoms with E-state index in [0.717, 1.165) is 25.7 Å². The molecule has 3 nitrogen and oxygen atoms in total. The standard InChI is InChI=1S/C12H26N2O/c1-5-15-9-8-14-7-6-12(13-4)10(2)11(14)3/h10-13H,5-9H2,1-4H3. The van der Waals surface area contributed by atoms with E-state index in [9.17, 15) is 0 Å². The quantitative estimate of drug-likeness (QED) is 0.699. The number of nitrogens with zero attached hydrogens (tertiary/aromatic N) is 1. The van der Waals surface area contributed by atoms with Crippen LogP contribution in [0.25, 0.3) is 0 Å². The van der Waals surface area contributed by atoms with Crippen LogP contribution < -0.4 is 5.32 Å². The predicted molar refractivity (Wildman–Crippen MR) is 64.2 cm³/mol. The van der Waals surface area contributed by atoms with Crippen molar-refractivity contribution < 1.29 is 4.74 Å². The van der Waals surface area contributed by atoms with Crippen molar-refractivity contribution in [2.24, 2.45) is 5.92 Å². The van der Waals surface area contributed by atoms with Gasteiger partial charge in [0.15, 0.2) is 0 Å². The molecule has 3 unspecified atom stereocenters. The van der Waals surface area contributed by atoms with Gasteiger partial charge in [0.25, 0.3) is 0 Å². The van der Waals surface area contributed by atoms with Gasteiger partial charge in [-0.25, -0.2) is 0 Å². The summed E-state index contributed by atoms with van der Waals surface area (Å²) >= 11 is 0. The summed E-state index contributed by atoms with van der Waals surface area (Å²) in [6.07, 6.45) is 1.26. The molecule has 0 aliphatic carbocycles. The summed E-state index contributed by atoms with van der Waals surface area (Å²) in [5, 5.41) is 3.41. The molecular formula is C12H26N2O. The SMILES string of the molecule is CCOCCN1CCC(NC)C(C)C1C. The average molecular weight is 214 g/mol. The van der Waals surface area contributed by atoms with E-state index in [1.165, 1.54) is 13.0 Å². The van der Waals surface area contributed by atoms with Gasteiger partial charge in [-0.1, -0.05) is 6.92 Å². The van der Waals surface area contributed by atoms with Crippen molar-refractivity contribution in [3.05, 3.63) is 0 Å². The Hall–Kier alpha value is -0.120. The molecule has 0 aromatic rings. The van der Waals surface area contributed by atoms with E-state index in [4.69, 9.17) is 4.74 Å². The van der Waals surface area contributed by atoms with Crippen LogP contribution in [0.4, 0.5) is 0 Å². The van der Waals surface area contributed by atoms with E-state index < -0.39 is 0 Å². The van der Waals surface area contributed by atoms with E-state index in [0.29, 0.717) is 12.1 Å². The molecule has 0 aromatic carbocycles. The third-order valence-electron chi connectivity index (χ3n) is 3.80. The van der Waals surface area contributed by atoms with Crippen molar-refractivity contribution in [1.29, 1.82) is 0 Å². The molecule has 1 aliphatic heterocycles. The van der Waals surface area contributed by atoms with Crippen molar-refractivity contribution in [3.8, 4) is 0 Å². The number of likely N-dealkylation sites (tertiary alicyclic amines) is 1. The maximum atomic E-state index is 5.42. The first-order chi connectivity index (χ1) is 7.20. The summed E-state index contributed by atoms with van der Waals surface area (Å²) in [6, 6.07) is 1.35. The number of nitrogens with one attached hydrogen (secondary N) is 1. The zero-order valence-corrected chi connectivity index (χ0v) is 10.6. The van der Waals surface area contributed by atoms with Crippen LogP contribution in [-0.4, -0.2) is 50.3 Å². The van der Waals surface area contributed by atoms with Crippen LogP contribution in [0, 0.1) is 5.92 Å². The normalized spacial score (nSPS) is 33.2. The van der Waals surface area contributed by atoms with Crippen LogP contribution in [0.5, 0.6) is 0 Å². The third-order valence-corrected chi connectivity index (χ3v) is 3.80. The topological polar surface area (TPSA) is 24.5 Å². The fraction of sp³-hybridized carbons (Fsp3) is 1.00. The smallest absolute Gasteiger partial charge is 0.0593 e. The van der Waals surface area contributed by atoms with Crippen LogP contribution >= 0.6 is 0 Å². The molecule has 1 heterocycles. The van der Waals surface area contributed by atoms with Crippen molar-refractivity contribution >= 4 is 0 Å². The Morgan fingerprint density at radius 1 is 1.40 bits per heavy atom. The minimum atomic E-state index is 0.664.